The summed E-state index contributed by atoms with van der Waals surface area (Å²) in [6.45, 7) is 12.1. The SMILES string of the molecule is CCC(C)NC(=O)C(CC)N(Cc1c(Cl)cccc1Cl)C(=O)COc1ccc(C(C)(C)C)cc1Br. The van der Waals surface area contributed by atoms with Gasteiger partial charge in [-0.05, 0) is 70.9 Å². The average molecular weight is 586 g/mol. The molecule has 0 bridgehead atoms. The minimum Gasteiger partial charge on any atom is -0.483 e. The summed E-state index contributed by atoms with van der Waals surface area (Å²) in [4.78, 5) is 28.1. The summed E-state index contributed by atoms with van der Waals surface area (Å²) in [6.07, 6.45) is 1.22. The Morgan fingerprint density at radius 3 is 2.23 bits per heavy atom. The Hall–Kier alpha value is -1.76. The number of hydrogen-bond donors (Lipinski definition) is 1. The predicted molar refractivity (Wildman–Crippen MR) is 147 cm³/mol. The molecule has 1 N–H and O–H groups in total. The Morgan fingerprint density at radius 2 is 1.71 bits per heavy atom. The highest BCUT2D eigenvalue weighted by molar-refractivity contribution is 9.10. The van der Waals surface area contributed by atoms with Gasteiger partial charge in [-0.15, -0.1) is 0 Å². The number of nitrogens with zero attached hydrogens (tertiary/aromatic N) is 1. The third-order valence-electron chi connectivity index (χ3n) is 5.93. The van der Waals surface area contributed by atoms with Crippen molar-refractivity contribution in [3.8, 4) is 5.75 Å². The van der Waals surface area contributed by atoms with E-state index in [1.807, 2.05) is 39.0 Å². The number of carbonyl (C=O) groups excluding carboxylic acids is 2. The molecule has 2 aromatic carbocycles. The van der Waals surface area contributed by atoms with Crippen LogP contribution in [0.15, 0.2) is 40.9 Å². The molecule has 35 heavy (non-hydrogen) atoms. The fourth-order valence-electron chi connectivity index (χ4n) is 3.52. The molecule has 0 radical (unpaired) electrons. The molecular formula is C27H35BrCl2N2O3. The van der Waals surface area contributed by atoms with Crippen LogP contribution in [0, 0.1) is 0 Å². The van der Waals surface area contributed by atoms with Crippen LogP contribution in [0.4, 0.5) is 0 Å². The molecule has 2 rings (SSSR count). The van der Waals surface area contributed by atoms with Crippen molar-refractivity contribution in [1.82, 2.24) is 10.2 Å². The lowest BCUT2D eigenvalue weighted by Crippen LogP contribution is -2.51. The lowest BCUT2D eigenvalue weighted by atomic mass is 9.87. The monoisotopic (exact) mass is 584 g/mol. The first-order chi connectivity index (χ1) is 16.4. The van der Waals surface area contributed by atoms with Crippen LogP contribution in [0.5, 0.6) is 5.75 Å². The molecule has 2 unspecified atom stereocenters. The van der Waals surface area contributed by atoms with Crippen molar-refractivity contribution >= 4 is 50.9 Å². The molecule has 0 aliphatic heterocycles. The van der Waals surface area contributed by atoms with Gasteiger partial charge in [0.05, 0.1) is 4.47 Å². The average Bonchev–Trinajstić information content (AvgIpc) is 2.78. The molecule has 2 amide bonds. The van der Waals surface area contributed by atoms with Crippen molar-refractivity contribution in [2.45, 2.75) is 78.4 Å². The largest absolute Gasteiger partial charge is 0.483 e. The van der Waals surface area contributed by atoms with Crippen molar-refractivity contribution < 1.29 is 14.3 Å². The molecule has 8 heteroatoms. The number of hydrogen-bond acceptors (Lipinski definition) is 3. The van der Waals surface area contributed by atoms with Crippen LogP contribution in [0.25, 0.3) is 0 Å². The minimum absolute atomic E-state index is 0.00839. The van der Waals surface area contributed by atoms with E-state index < -0.39 is 6.04 Å². The molecule has 0 spiro atoms. The lowest BCUT2D eigenvalue weighted by molar-refractivity contribution is -0.143. The fraction of sp³-hybridized carbons (Fsp3) is 0.481. The van der Waals surface area contributed by atoms with Crippen LogP contribution in [-0.2, 0) is 21.5 Å². The van der Waals surface area contributed by atoms with Gasteiger partial charge < -0.3 is 15.0 Å². The van der Waals surface area contributed by atoms with Gasteiger partial charge >= 0.3 is 0 Å². The quantitative estimate of drug-likeness (QED) is 0.322. The fourth-order valence-corrected chi connectivity index (χ4v) is 4.53. The van der Waals surface area contributed by atoms with Crippen LogP contribution in [-0.4, -0.2) is 35.4 Å². The number of halogens is 3. The first-order valence-electron chi connectivity index (χ1n) is 11.8. The maximum Gasteiger partial charge on any atom is 0.261 e. The van der Waals surface area contributed by atoms with Gasteiger partial charge in [0, 0.05) is 28.2 Å². The lowest BCUT2D eigenvalue weighted by Gasteiger charge is -2.32. The second kappa shape index (κ2) is 13.0. The molecule has 0 fully saturated rings. The number of rotatable bonds is 10. The second-order valence-electron chi connectivity index (χ2n) is 9.65. The Labute approximate surface area is 227 Å². The second-order valence-corrected chi connectivity index (χ2v) is 11.3. The number of nitrogens with one attached hydrogen (secondary N) is 1. The van der Waals surface area contributed by atoms with E-state index in [9.17, 15) is 9.59 Å². The van der Waals surface area contributed by atoms with Crippen molar-refractivity contribution in [3.63, 3.8) is 0 Å². The topological polar surface area (TPSA) is 58.6 Å². The molecule has 2 atom stereocenters. The van der Waals surface area contributed by atoms with Crippen molar-refractivity contribution in [2.75, 3.05) is 6.61 Å². The maximum atomic E-state index is 13.5. The summed E-state index contributed by atoms with van der Waals surface area (Å²) in [7, 11) is 0. The number of amides is 2. The summed E-state index contributed by atoms with van der Waals surface area (Å²) in [6, 6.07) is 10.3. The molecule has 5 nitrogen and oxygen atoms in total. The minimum atomic E-state index is -0.695. The van der Waals surface area contributed by atoms with E-state index in [1.54, 1.807) is 18.2 Å². The molecular weight excluding hydrogens is 551 g/mol. The smallest absolute Gasteiger partial charge is 0.261 e. The van der Waals surface area contributed by atoms with Crippen molar-refractivity contribution in [2.24, 2.45) is 0 Å². The highest BCUT2D eigenvalue weighted by Gasteiger charge is 2.30. The van der Waals surface area contributed by atoms with E-state index >= 15 is 0 Å². The predicted octanol–water partition coefficient (Wildman–Crippen LogP) is 7.15. The van der Waals surface area contributed by atoms with Crippen molar-refractivity contribution in [1.29, 1.82) is 0 Å². The number of carbonyl (C=O) groups is 2. The first kappa shape index (κ1) is 29.5. The maximum absolute atomic E-state index is 13.5. The Morgan fingerprint density at radius 1 is 1.09 bits per heavy atom. The molecule has 2 aromatic rings. The van der Waals surface area contributed by atoms with E-state index in [-0.39, 0.29) is 36.4 Å². The van der Waals surface area contributed by atoms with Gasteiger partial charge in [0.2, 0.25) is 5.91 Å². The van der Waals surface area contributed by atoms with E-state index in [0.29, 0.717) is 27.8 Å². The normalized spacial score (nSPS) is 13.2. The zero-order valence-corrected chi connectivity index (χ0v) is 24.4. The summed E-state index contributed by atoms with van der Waals surface area (Å²) in [5.41, 5.74) is 1.72. The number of ether oxygens (including phenoxy) is 1. The van der Waals surface area contributed by atoms with E-state index in [4.69, 9.17) is 27.9 Å². The van der Waals surface area contributed by atoms with Gasteiger partial charge in [0.15, 0.2) is 6.61 Å². The Kier molecular flexibility index (Phi) is 10.9. The molecule has 0 aromatic heterocycles. The van der Waals surface area contributed by atoms with E-state index in [1.165, 1.54) is 4.90 Å². The van der Waals surface area contributed by atoms with Crippen molar-refractivity contribution in [3.05, 3.63) is 62.0 Å². The molecule has 0 aliphatic rings. The van der Waals surface area contributed by atoms with E-state index in [0.717, 1.165) is 16.5 Å². The van der Waals surface area contributed by atoms with Crippen LogP contribution in [0.2, 0.25) is 10.0 Å². The van der Waals surface area contributed by atoms with Crippen LogP contribution in [0.3, 0.4) is 0 Å². The summed E-state index contributed by atoms with van der Waals surface area (Å²) in [5.74, 6) is 0.00667. The highest BCUT2D eigenvalue weighted by atomic mass is 79.9. The third kappa shape index (κ3) is 8.12. The summed E-state index contributed by atoms with van der Waals surface area (Å²) < 4.78 is 6.65. The Balaban J connectivity index is 2.31. The van der Waals surface area contributed by atoms with Gasteiger partial charge in [-0.3, -0.25) is 9.59 Å². The molecule has 0 aliphatic carbocycles. The molecule has 0 heterocycles. The van der Waals surface area contributed by atoms with Gasteiger partial charge in [-0.2, -0.15) is 0 Å². The van der Waals surface area contributed by atoms with Crippen LogP contribution >= 0.6 is 39.1 Å². The zero-order valence-electron chi connectivity index (χ0n) is 21.3. The van der Waals surface area contributed by atoms with Gasteiger partial charge in [0.1, 0.15) is 11.8 Å². The standard InChI is InChI=1S/C27H35BrCl2N2O3/c1-7-17(3)31-26(34)23(8-2)32(15-19-21(29)10-9-11-22(19)30)25(33)16-35-24-13-12-18(14-20(24)28)27(4,5)6/h9-14,17,23H,7-8,15-16H2,1-6H3,(H,31,34). The van der Waals surface area contributed by atoms with Gasteiger partial charge in [-0.1, -0.05) is 70.0 Å². The Bertz CT molecular complexity index is 1020. The molecule has 0 saturated heterocycles. The highest BCUT2D eigenvalue weighted by Crippen LogP contribution is 2.32. The third-order valence-corrected chi connectivity index (χ3v) is 7.25. The summed E-state index contributed by atoms with van der Waals surface area (Å²) in [5, 5.41) is 3.86. The van der Waals surface area contributed by atoms with Crippen LogP contribution in [0.1, 0.15) is 65.5 Å². The number of benzene rings is 2. The summed E-state index contributed by atoms with van der Waals surface area (Å²) >= 11 is 16.3. The molecule has 0 saturated carbocycles. The van der Waals surface area contributed by atoms with Gasteiger partial charge in [-0.25, -0.2) is 0 Å². The zero-order chi connectivity index (χ0) is 26.3. The van der Waals surface area contributed by atoms with Crippen LogP contribution < -0.4 is 10.1 Å². The first-order valence-corrected chi connectivity index (χ1v) is 13.4. The van der Waals surface area contributed by atoms with E-state index in [2.05, 4.69) is 42.0 Å². The molecule has 192 valence electrons. The van der Waals surface area contributed by atoms with Gasteiger partial charge in [0.25, 0.3) is 5.91 Å².